The molecule has 0 aliphatic rings. The number of hydrogen-bond acceptors (Lipinski definition) is 3. The van der Waals surface area contributed by atoms with E-state index in [2.05, 4.69) is 36.7 Å². The van der Waals surface area contributed by atoms with Crippen LogP contribution >= 0.6 is 0 Å². The van der Waals surface area contributed by atoms with Crippen molar-refractivity contribution in [2.75, 3.05) is 0 Å². The number of carbonyl (C=O) groups excluding carboxylic acids is 3. The van der Waals surface area contributed by atoms with Gasteiger partial charge in [-0.25, -0.2) is 0 Å². The molecule has 0 aromatic carbocycles. The van der Waals surface area contributed by atoms with Crippen molar-refractivity contribution in [1.29, 1.82) is 0 Å². The molecule has 6 heteroatoms. The van der Waals surface area contributed by atoms with E-state index in [1.54, 1.807) is 0 Å². The topological polar surface area (TPSA) is 87.3 Å². The molecular weight excluding hydrogens is 354 g/mol. The van der Waals surface area contributed by atoms with E-state index in [9.17, 15) is 14.4 Å². The predicted molar refractivity (Wildman–Crippen MR) is 115 cm³/mol. The number of amides is 3. The van der Waals surface area contributed by atoms with Crippen LogP contribution in [0.1, 0.15) is 94.9 Å². The van der Waals surface area contributed by atoms with Gasteiger partial charge in [0.25, 0.3) is 0 Å². The van der Waals surface area contributed by atoms with E-state index in [1.165, 1.54) is 0 Å². The third kappa shape index (κ3) is 12.7. The summed E-state index contributed by atoms with van der Waals surface area (Å²) in [7, 11) is 0. The van der Waals surface area contributed by atoms with Crippen LogP contribution in [-0.2, 0) is 14.4 Å². The van der Waals surface area contributed by atoms with Crippen LogP contribution in [-0.4, -0.2) is 35.3 Å². The normalized spacial score (nSPS) is 12.9. The summed E-state index contributed by atoms with van der Waals surface area (Å²) in [6.07, 6.45) is 1.02. The summed E-state index contributed by atoms with van der Waals surface area (Å²) in [6, 6.07) is 0.0143. The largest absolute Gasteiger partial charge is 0.354 e. The maximum atomic E-state index is 12.8. The lowest BCUT2D eigenvalue weighted by Gasteiger charge is -2.38. The first-order valence-corrected chi connectivity index (χ1v) is 10.3. The van der Waals surface area contributed by atoms with Gasteiger partial charge in [0.2, 0.25) is 17.7 Å². The Morgan fingerprint density at radius 3 is 1.32 bits per heavy atom. The molecule has 0 bridgehead atoms. The summed E-state index contributed by atoms with van der Waals surface area (Å²) in [4.78, 5) is 38.1. The third-order valence-corrected chi connectivity index (χ3v) is 3.93. The molecule has 0 atom stereocenters. The summed E-state index contributed by atoms with van der Waals surface area (Å²) in [5.74, 6) is -0.383. The molecule has 0 heterocycles. The molecule has 0 aromatic heterocycles. The van der Waals surface area contributed by atoms with Gasteiger partial charge in [-0.15, -0.1) is 0 Å². The van der Waals surface area contributed by atoms with Crippen LogP contribution in [0.15, 0.2) is 0 Å². The number of nitrogens with one attached hydrogen (secondary N) is 3. The molecule has 0 aliphatic carbocycles. The predicted octanol–water partition coefficient (Wildman–Crippen LogP) is 3.54. The fourth-order valence-corrected chi connectivity index (χ4v) is 3.73. The number of carbonyl (C=O) groups is 3. The highest BCUT2D eigenvalue weighted by Gasteiger charge is 2.41. The van der Waals surface area contributed by atoms with E-state index in [1.807, 2.05) is 48.5 Å². The second-order valence-corrected chi connectivity index (χ2v) is 11.0. The fraction of sp³-hybridized carbons (Fsp3) is 0.864. The summed E-state index contributed by atoms with van der Waals surface area (Å²) >= 11 is 0. The first kappa shape index (κ1) is 26.4. The number of hydrogen-bond donors (Lipinski definition) is 3. The zero-order chi connectivity index (χ0) is 22.3. The van der Waals surface area contributed by atoms with Gasteiger partial charge in [0.15, 0.2) is 0 Å². The average Bonchev–Trinajstić information content (AvgIpc) is 2.29. The Kier molecular flexibility index (Phi) is 9.68. The Balaban J connectivity index is 5.84. The van der Waals surface area contributed by atoms with Crippen LogP contribution in [0.25, 0.3) is 0 Å². The minimum absolute atomic E-state index is 0.00716. The molecule has 0 rings (SSSR count). The van der Waals surface area contributed by atoms with Gasteiger partial charge in [0.1, 0.15) is 0 Å². The minimum atomic E-state index is -0.745. The van der Waals surface area contributed by atoms with Gasteiger partial charge in [-0.1, -0.05) is 20.8 Å². The van der Waals surface area contributed by atoms with Gasteiger partial charge in [0.05, 0.1) is 0 Å². The minimum Gasteiger partial charge on any atom is -0.354 e. The lowest BCUT2D eigenvalue weighted by atomic mass is 9.67. The molecule has 0 spiro atoms. The molecule has 0 fully saturated rings. The second-order valence-electron chi connectivity index (χ2n) is 11.0. The first-order valence-electron chi connectivity index (χ1n) is 10.3. The van der Waals surface area contributed by atoms with Gasteiger partial charge in [-0.3, -0.25) is 14.4 Å². The van der Waals surface area contributed by atoms with Crippen molar-refractivity contribution in [2.24, 2.45) is 10.8 Å². The summed E-state index contributed by atoms with van der Waals surface area (Å²) < 4.78 is 0. The summed E-state index contributed by atoms with van der Waals surface area (Å²) in [5.41, 5.74) is -1.26. The molecule has 3 N–H and O–H groups in total. The Morgan fingerprint density at radius 2 is 1.04 bits per heavy atom. The van der Waals surface area contributed by atoms with Crippen LogP contribution in [0, 0.1) is 10.8 Å². The molecule has 0 unspecified atom stereocenters. The van der Waals surface area contributed by atoms with Crippen molar-refractivity contribution in [3.05, 3.63) is 0 Å². The molecule has 0 saturated carbocycles. The van der Waals surface area contributed by atoms with E-state index in [0.717, 1.165) is 0 Å². The van der Waals surface area contributed by atoms with E-state index >= 15 is 0 Å². The molecule has 0 saturated heterocycles. The summed E-state index contributed by atoms with van der Waals surface area (Å²) in [6.45, 7) is 19.6. The second kappa shape index (κ2) is 10.3. The lowest BCUT2D eigenvalue weighted by Crippen LogP contribution is -2.47. The van der Waals surface area contributed by atoms with Crippen LogP contribution in [0.3, 0.4) is 0 Å². The summed E-state index contributed by atoms with van der Waals surface area (Å²) in [5, 5.41) is 8.82. The Morgan fingerprint density at radius 1 is 0.679 bits per heavy atom. The van der Waals surface area contributed by atoms with Gasteiger partial charge in [-0.05, 0) is 65.7 Å². The number of rotatable bonds is 9. The van der Waals surface area contributed by atoms with Crippen molar-refractivity contribution in [1.82, 2.24) is 16.0 Å². The molecule has 0 aromatic rings. The van der Waals surface area contributed by atoms with Gasteiger partial charge in [-0.2, -0.15) is 0 Å². The quantitative estimate of drug-likeness (QED) is 0.556. The average molecular weight is 398 g/mol. The SMILES string of the molecule is CC(C)NC(=O)CC(CC(=O)NC(C)C)(CC(=O)NC(C)(C)C)CC(C)(C)C. The Bertz CT molecular complexity index is 516. The van der Waals surface area contributed by atoms with E-state index in [0.29, 0.717) is 6.42 Å². The molecule has 0 radical (unpaired) electrons. The highest BCUT2D eigenvalue weighted by molar-refractivity contribution is 5.84. The maximum absolute atomic E-state index is 12.8. The highest BCUT2D eigenvalue weighted by Crippen LogP contribution is 2.42. The van der Waals surface area contributed by atoms with Crippen molar-refractivity contribution >= 4 is 17.7 Å². The molecule has 3 amide bonds. The van der Waals surface area contributed by atoms with Crippen LogP contribution in [0.2, 0.25) is 0 Å². The van der Waals surface area contributed by atoms with E-state index < -0.39 is 5.41 Å². The zero-order valence-corrected chi connectivity index (χ0v) is 19.7. The highest BCUT2D eigenvalue weighted by atomic mass is 16.2. The molecule has 28 heavy (non-hydrogen) atoms. The smallest absolute Gasteiger partial charge is 0.220 e. The first-order chi connectivity index (χ1) is 12.4. The Hall–Kier alpha value is -1.59. The van der Waals surface area contributed by atoms with Gasteiger partial charge in [0, 0.05) is 36.9 Å². The Labute approximate surface area is 172 Å². The van der Waals surface area contributed by atoms with Crippen LogP contribution in [0.4, 0.5) is 0 Å². The fourth-order valence-electron chi connectivity index (χ4n) is 3.73. The van der Waals surface area contributed by atoms with Crippen molar-refractivity contribution in [2.45, 2.75) is 113 Å². The van der Waals surface area contributed by atoms with Gasteiger partial charge < -0.3 is 16.0 Å². The lowest BCUT2D eigenvalue weighted by molar-refractivity contribution is -0.132. The van der Waals surface area contributed by atoms with E-state index in [4.69, 9.17) is 0 Å². The molecule has 0 aliphatic heterocycles. The van der Waals surface area contributed by atoms with Crippen LogP contribution < -0.4 is 16.0 Å². The molecular formula is C22H43N3O3. The monoisotopic (exact) mass is 397 g/mol. The van der Waals surface area contributed by atoms with Crippen molar-refractivity contribution in [3.8, 4) is 0 Å². The van der Waals surface area contributed by atoms with Gasteiger partial charge >= 0.3 is 0 Å². The maximum Gasteiger partial charge on any atom is 0.220 e. The molecule has 6 nitrogen and oxygen atoms in total. The van der Waals surface area contributed by atoms with Crippen LogP contribution in [0.5, 0.6) is 0 Å². The van der Waals surface area contributed by atoms with E-state index in [-0.39, 0.29) is 60.0 Å². The molecule has 164 valence electrons. The van der Waals surface area contributed by atoms with Crippen molar-refractivity contribution < 1.29 is 14.4 Å². The third-order valence-electron chi connectivity index (χ3n) is 3.93. The van der Waals surface area contributed by atoms with Crippen molar-refractivity contribution in [3.63, 3.8) is 0 Å². The standard InChI is InChI=1S/C22H43N3O3/c1-15(2)23-17(26)11-22(14-20(5,6)7,12-18(27)24-16(3)4)13-19(28)25-21(8,9)10/h15-16H,11-14H2,1-10H3,(H,23,26)(H,24,27)(H,25,28). The zero-order valence-electron chi connectivity index (χ0n) is 19.7.